The number of rotatable bonds is 22. The number of fused-ring (bicyclic) bond motifs is 2. The quantitative estimate of drug-likeness (QED) is 0.0237. The van der Waals surface area contributed by atoms with Crippen molar-refractivity contribution in [2.24, 2.45) is 13.0 Å². The number of methoxy groups -OCH3 is 2. The summed E-state index contributed by atoms with van der Waals surface area (Å²) in [6, 6.07) is 0.939. The van der Waals surface area contributed by atoms with Crippen LogP contribution in [0, 0.1) is 5.92 Å². The SMILES string of the molecule is COCC[C@H]1[C@@H](O)[C@H]([n+]2cn(C)c3c(=O)[nH]c(N)nc32)O[C@@H]1COP(=O)(O)OP(=O)(O)OP(O)(=S)OC[C@H]1O[C@@H](n2cnc3c(N)ncnc32)[C@H](OC)[C@@H]1OP(=O)(O)OC[C@H]1O[C@@H](n2ccc(=O)[nH]c2=O)[C@H](O)[C@@H]1O. The number of nitrogens with zero attached hydrogens (tertiary/aromatic N) is 8. The van der Waals surface area contributed by atoms with Crippen LogP contribution in [0.2, 0.25) is 0 Å². The van der Waals surface area contributed by atoms with Crippen molar-refractivity contribution in [3.8, 4) is 0 Å². The van der Waals surface area contributed by atoms with E-state index in [0.29, 0.717) is 0 Å². The second-order valence-electron chi connectivity index (χ2n) is 16.7. The highest BCUT2D eigenvalue weighted by Crippen LogP contribution is 2.68. The molecule has 0 amide bonds. The molecule has 0 bridgehead atoms. The van der Waals surface area contributed by atoms with Crippen molar-refractivity contribution < 1.29 is 104 Å². The van der Waals surface area contributed by atoms with Crippen LogP contribution in [0.4, 0.5) is 11.8 Å². The Labute approximate surface area is 423 Å². The Morgan fingerprint density at radius 3 is 2.21 bits per heavy atom. The molecule has 3 aliphatic rings. The van der Waals surface area contributed by atoms with Gasteiger partial charge in [-0.2, -0.15) is 4.31 Å². The number of hydrogen-bond donors (Lipinski definition) is 11. The lowest BCUT2D eigenvalue weighted by atomic mass is 9.95. The Morgan fingerprint density at radius 1 is 0.813 bits per heavy atom. The number of aliphatic hydroxyl groups excluding tert-OH is 3. The number of nitrogens with two attached hydrogens (primary N) is 2. The molecule has 0 spiro atoms. The first-order valence-corrected chi connectivity index (χ1v) is 28.7. The minimum absolute atomic E-state index is 0.0114. The predicted molar refractivity (Wildman–Crippen MR) is 248 cm³/mol. The molecule has 16 atom stereocenters. The largest absolute Gasteiger partial charge is 0.488 e. The van der Waals surface area contributed by atoms with E-state index in [9.17, 15) is 63.0 Å². The maximum absolute atomic E-state index is 13.6. The highest BCUT2D eigenvalue weighted by atomic mass is 32.5. The summed E-state index contributed by atoms with van der Waals surface area (Å²) in [6.07, 6.45) is -12.4. The van der Waals surface area contributed by atoms with Crippen LogP contribution in [-0.2, 0) is 83.0 Å². The summed E-state index contributed by atoms with van der Waals surface area (Å²) in [5, 5.41) is 32.7. The minimum atomic E-state index is -5.97. The summed E-state index contributed by atoms with van der Waals surface area (Å²) >= 11 is 4.92. The van der Waals surface area contributed by atoms with E-state index >= 15 is 0 Å². The molecule has 0 radical (unpaired) electrons. The first-order valence-electron chi connectivity index (χ1n) is 21.6. The van der Waals surface area contributed by atoms with E-state index in [-0.39, 0.29) is 47.1 Å². The first-order chi connectivity index (χ1) is 35.2. The zero-order valence-corrected chi connectivity index (χ0v) is 43.2. The smallest absolute Gasteiger partial charge is 0.387 e. The molecular weight excluding hydrogens is 1120 g/mol. The molecule has 8 heterocycles. The number of imidazole rings is 2. The number of aliphatic hydroxyl groups is 3. The molecule has 0 aliphatic carbocycles. The number of phosphoric ester groups is 2. The van der Waals surface area contributed by atoms with Crippen LogP contribution in [-0.4, -0.2) is 168 Å². The number of aromatic amines is 2. The van der Waals surface area contributed by atoms with E-state index < -0.39 is 140 Å². The molecule has 5 aromatic heterocycles. The topological polar surface area (TPSA) is 499 Å². The fraction of sp³-hybridized carbons (Fsp3) is 0.588. The van der Waals surface area contributed by atoms with E-state index in [1.54, 1.807) is 0 Å². The fourth-order valence-electron chi connectivity index (χ4n) is 8.49. The van der Waals surface area contributed by atoms with E-state index in [4.69, 9.17) is 65.1 Å². The summed E-state index contributed by atoms with van der Waals surface area (Å²) in [7, 11) is -13.0. The third-order valence-corrected chi connectivity index (χ3v) is 18.0. The number of hydrogen-bond acceptors (Lipinski definition) is 27. The van der Waals surface area contributed by atoms with Gasteiger partial charge in [0, 0.05) is 39.0 Å². The molecule has 13 N–H and O–H groups in total. The van der Waals surface area contributed by atoms with Gasteiger partial charge in [0.25, 0.3) is 17.1 Å². The zero-order chi connectivity index (χ0) is 54.5. The van der Waals surface area contributed by atoms with Crippen molar-refractivity contribution in [3.63, 3.8) is 0 Å². The molecule has 41 heteroatoms. The number of ether oxygens (including phenoxy) is 5. The van der Waals surface area contributed by atoms with Crippen molar-refractivity contribution in [2.75, 3.05) is 52.1 Å². The average molecular weight is 1170 g/mol. The maximum Gasteiger partial charge on any atom is 0.488 e. The molecule has 75 heavy (non-hydrogen) atoms. The zero-order valence-electron chi connectivity index (χ0n) is 38.9. The summed E-state index contributed by atoms with van der Waals surface area (Å²) in [4.78, 5) is 100. The third kappa shape index (κ3) is 12.4. The van der Waals surface area contributed by atoms with Gasteiger partial charge in [0.05, 0.1) is 39.3 Å². The molecule has 36 nitrogen and oxygen atoms in total. The average Bonchev–Trinajstić information content (AvgIpc) is 4.12. The number of nitrogens with one attached hydrogen (secondary N) is 2. The number of anilines is 2. The van der Waals surface area contributed by atoms with Crippen LogP contribution in [0.15, 0.2) is 45.6 Å². The van der Waals surface area contributed by atoms with Crippen molar-refractivity contribution in [1.82, 2.24) is 43.6 Å². The third-order valence-electron chi connectivity index (χ3n) is 11.8. The summed E-state index contributed by atoms with van der Waals surface area (Å²) in [5.74, 6) is -1.21. The number of nitrogen functional groups attached to an aromatic ring is 2. The fourth-order valence-corrected chi connectivity index (χ4v) is 13.9. The highest BCUT2D eigenvalue weighted by molar-refractivity contribution is 8.08. The molecule has 0 aromatic carbocycles. The Morgan fingerprint density at radius 2 is 1.51 bits per heavy atom. The van der Waals surface area contributed by atoms with Crippen LogP contribution >= 0.6 is 30.2 Å². The predicted octanol–water partition coefficient (Wildman–Crippen LogP) is -3.47. The maximum atomic E-state index is 13.6. The molecule has 414 valence electrons. The summed E-state index contributed by atoms with van der Waals surface area (Å²) < 4.78 is 103. The van der Waals surface area contributed by atoms with Gasteiger partial charge in [-0.15, -0.1) is 0 Å². The molecule has 0 saturated carbocycles. The second-order valence-corrected chi connectivity index (χ2v) is 24.1. The van der Waals surface area contributed by atoms with Crippen LogP contribution in [0.5, 0.6) is 0 Å². The van der Waals surface area contributed by atoms with Gasteiger partial charge >= 0.3 is 41.5 Å². The molecule has 8 rings (SSSR count). The van der Waals surface area contributed by atoms with E-state index in [0.717, 1.165) is 30.3 Å². The van der Waals surface area contributed by atoms with Crippen molar-refractivity contribution in [1.29, 1.82) is 0 Å². The number of aromatic nitrogens is 10. The van der Waals surface area contributed by atoms with Gasteiger partial charge in [-0.3, -0.25) is 46.8 Å². The van der Waals surface area contributed by atoms with Gasteiger partial charge in [-0.25, -0.2) is 42.3 Å². The summed E-state index contributed by atoms with van der Waals surface area (Å²) in [5.41, 5.74) is 9.53. The Kier molecular flexibility index (Phi) is 16.9. The van der Waals surface area contributed by atoms with Crippen LogP contribution < -0.4 is 32.8 Å². The van der Waals surface area contributed by atoms with Gasteiger partial charge in [-0.05, 0) is 18.2 Å². The summed E-state index contributed by atoms with van der Waals surface area (Å²) in [6.45, 7) is -7.97. The van der Waals surface area contributed by atoms with Gasteiger partial charge in [0.2, 0.25) is 11.7 Å². The minimum Gasteiger partial charge on any atom is -0.387 e. The second kappa shape index (κ2) is 22.3. The Bertz CT molecular complexity index is 3290. The van der Waals surface area contributed by atoms with Gasteiger partial charge < -0.3 is 74.6 Å². The van der Waals surface area contributed by atoms with Crippen molar-refractivity contribution in [2.45, 2.75) is 73.9 Å². The molecule has 4 unspecified atom stereocenters. The van der Waals surface area contributed by atoms with Crippen molar-refractivity contribution >= 4 is 76.1 Å². The van der Waals surface area contributed by atoms with E-state index in [1.807, 2.05) is 4.98 Å². The Balaban J connectivity index is 0.942. The van der Waals surface area contributed by atoms with Crippen LogP contribution in [0.1, 0.15) is 25.1 Å². The normalized spacial score (nSPS) is 30.4. The van der Waals surface area contributed by atoms with E-state index in [2.05, 4.69) is 33.5 Å². The molecule has 3 saturated heterocycles. The lowest BCUT2D eigenvalue weighted by molar-refractivity contribution is -0.745. The molecule has 3 fully saturated rings. The van der Waals surface area contributed by atoms with Gasteiger partial charge in [-0.1, -0.05) is 4.98 Å². The van der Waals surface area contributed by atoms with Crippen molar-refractivity contribution in [3.05, 3.63) is 62.4 Å². The van der Waals surface area contributed by atoms with Gasteiger partial charge in [0.15, 0.2) is 30.2 Å². The monoisotopic (exact) mass is 1170 g/mol. The van der Waals surface area contributed by atoms with Crippen LogP contribution in [0.25, 0.3) is 22.3 Å². The highest BCUT2D eigenvalue weighted by Gasteiger charge is 2.53. The lowest BCUT2D eigenvalue weighted by Crippen LogP contribution is -2.45. The lowest BCUT2D eigenvalue weighted by Gasteiger charge is -2.26. The van der Waals surface area contributed by atoms with Crippen LogP contribution in [0.3, 0.4) is 0 Å². The van der Waals surface area contributed by atoms with Gasteiger partial charge in [0.1, 0.15) is 54.6 Å². The molecular formula is C34H49N12O24P4S+. The number of H-pyrrole nitrogens is 2. The first kappa shape index (κ1) is 57.0. The molecule has 5 aromatic rings. The standard InChI is InChI=1S/C34H48N12O24P4S/c1-43-13-46(28-20(43)29(51)42-33(36)41-28)30-21(48)14(5-7-60-2)15(65-30)8-63-72(55,56)69-73(57,58)70-74(59,75)64-10-17-24(25(61-3)32(67-17)45-12-39-19-26(35)37-11-38-27(19)45)68-71(53,54)62-9-16-22(49)23(50)31(66-16)44-6-4-18(47)40-34(44)52/h4,6,11-17,21-25,30-32,48-50H,5,7-10H2,1-3H3,(H9-,35,36,37,38,40,41,42,47,51,52,53,54,55,56,57,58,59,75)/p+1/t14-,15-,16-,17-,21-,22-,23-,24-,25-,30-,31-,32-,74?/m1/s1. The number of aryl methyl sites for hydroxylation is 1. The van der Waals surface area contributed by atoms with E-state index in [1.165, 1.54) is 40.5 Å². The number of phosphoric acid groups is 3. The molecule has 3 aliphatic heterocycles. The Hall–Kier alpha value is -4.20.